The summed E-state index contributed by atoms with van der Waals surface area (Å²) in [6.07, 6.45) is 2.04. The van der Waals surface area contributed by atoms with Crippen LogP contribution in [-0.4, -0.2) is 65.7 Å². The number of benzene rings is 1. The number of carbonyl (C=O) groups is 2. The third-order valence-electron chi connectivity index (χ3n) is 5.91. The van der Waals surface area contributed by atoms with Crippen molar-refractivity contribution in [2.24, 2.45) is 0 Å². The van der Waals surface area contributed by atoms with Crippen molar-refractivity contribution >= 4 is 33.3 Å². The highest BCUT2D eigenvalue weighted by Crippen LogP contribution is 2.21. The summed E-state index contributed by atoms with van der Waals surface area (Å²) in [5, 5.41) is 5.06. The van der Waals surface area contributed by atoms with E-state index in [0.717, 1.165) is 18.4 Å². The molecule has 1 aromatic carbocycles. The lowest BCUT2D eigenvalue weighted by Crippen LogP contribution is -2.43. The summed E-state index contributed by atoms with van der Waals surface area (Å²) in [6, 6.07) is 7.05. The SMILES string of the molecule is CCCCN(C(=O)COC(=O)c1c(C)nn(Cc2ccccc2Cl)c1C)C1CCS(=O)(=O)C1. The molecular weight excluding hydrogens is 466 g/mol. The maximum atomic E-state index is 12.9. The number of aryl methyl sites for hydroxylation is 1. The Kier molecular flexibility index (Phi) is 8.18. The molecule has 33 heavy (non-hydrogen) atoms. The van der Waals surface area contributed by atoms with Gasteiger partial charge in [-0.2, -0.15) is 5.10 Å². The van der Waals surface area contributed by atoms with E-state index in [1.807, 2.05) is 25.1 Å². The van der Waals surface area contributed by atoms with E-state index in [2.05, 4.69) is 5.10 Å². The Morgan fingerprint density at radius 2 is 2.00 bits per heavy atom. The standard InChI is InChI=1S/C23H30ClN3O5S/c1-4-5-11-26(19-10-12-33(30,31)15-19)21(28)14-32-23(29)22-16(2)25-27(17(22)3)13-18-8-6-7-9-20(18)24/h6-9,19H,4-5,10-15H2,1-3H3. The smallest absolute Gasteiger partial charge is 0.342 e. The van der Waals surface area contributed by atoms with Crippen molar-refractivity contribution in [1.29, 1.82) is 0 Å². The number of unbranched alkanes of at least 4 members (excludes halogenated alkanes) is 1. The molecule has 2 heterocycles. The van der Waals surface area contributed by atoms with Gasteiger partial charge in [-0.15, -0.1) is 0 Å². The molecule has 1 fully saturated rings. The molecule has 1 atom stereocenters. The predicted octanol–water partition coefficient (Wildman–Crippen LogP) is 3.17. The molecule has 1 saturated heterocycles. The molecular formula is C23H30ClN3O5S. The third kappa shape index (κ3) is 6.14. The number of hydrogen-bond acceptors (Lipinski definition) is 6. The number of rotatable bonds is 9. The van der Waals surface area contributed by atoms with E-state index in [1.54, 1.807) is 29.5 Å². The number of sulfone groups is 1. The van der Waals surface area contributed by atoms with Crippen LogP contribution in [0.5, 0.6) is 0 Å². The van der Waals surface area contributed by atoms with Gasteiger partial charge in [0.05, 0.1) is 29.4 Å². The van der Waals surface area contributed by atoms with Crippen LogP contribution in [0.1, 0.15) is 53.5 Å². The number of hydrogen-bond donors (Lipinski definition) is 0. The second-order valence-corrected chi connectivity index (χ2v) is 11.0. The number of esters is 1. The Balaban J connectivity index is 1.68. The quantitative estimate of drug-likeness (QED) is 0.495. The molecule has 0 aliphatic carbocycles. The first-order valence-corrected chi connectivity index (χ1v) is 13.3. The van der Waals surface area contributed by atoms with Gasteiger partial charge in [-0.1, -0.05) is 43.1 Å². The molecule has 1 aromatic heterocycles. The van der Waals surface area contributed by atoms with Gasteiger partial charge in [-0.3, -0.25) is 9.48 Å². The van der Waals surface area contributed by atoms with Gasteiger partial charge in [0.25, 0.3) is 5.91 Å². The van der Waals surface area contributed by atoms with Gasteiger partial charge in [0.2, 0.25) is 0 Å². The van der Waals surface area contributed by atoms with Crippen molar-refractivity contribution in [2.45, 2.75) is 52.6 Å². The first-order valence-electron chi connectivity index (χ1n) is 11.1. The summed E-state index contributed by atoms with van der Waals surface area (Å²) in [6.45, 7) is 5.89. The fourth-order valence-electron chi connectivity index (χ4n) is 4.08. The molecule has 1 unspecified atom stereocenters. The molecule has 8 nitrogen and oxygen atoms in total. The van der Waals surface area contributed by atoms with Crippen molar-refractivity contribution in [3.8, 4) is 0 Å². The van der Waals surface area contributed by atoms with E-state index in [-0.39, 0.29) is 23.5 Å². The number of carbonyl (C=O) groups excluding carboxylic acids is 2. The van der Waals surface area contributed by atoms with Crippen LogP contribution >= 0.6 is 11.6 Å². The molecule has 1 aliphatic rings. The van der Waals surface area contributed by atoms with E-state index in [0.29, 0.717) is 41.5 Å². The van der Waals surface area contributed by atoms with Gasteiger partial charge >= 0.3 is 5.97 Å². The summed E-state index contributed by atoms with van der Waals surface area (Å²) >= 11 is 6.24. The van der Waals surface area contributed by atoms with Gasteiger partial charge < -0.3 is 9.64 Å². The minimum Gasteiger partial charge on any atom is -0.452 e. The Morgan fingerprint density at radius 3 is 2.64 bits per heavy atom. The van der Waals surface area contributed by atoms with E-state index >= 15 is 0 Å². The highest BCUT2D eigenvalue weighted by molar-refractivity contribution is 7.91. The summed E-state index contributed by atoms with van der Waals surface area (Å²) < 4.78 is 30.8. The minimum atomic E-state index is -3.13. The highest BCUT2D eigenvalue weighted by Gasteiger charge is 2.34. The van der Waals surface area contributed by atoms with Gasteiger partial charge in [-0.05, 0) is 38.3 Å². The predicted molar refractivity (Wildman–Crippen MR) is 126 cm³/mol. The van der Waals surface area contributed by atoms with Crippen LogP contribution in [0.3, 0.4) is 0 Å². The summed E-state index contributed by atoms with van der Waals surface area (Å²) in [7, 11) is -3.13. The summed E-state index contributed by atoms with van der Waals surface area (Å²) in [5.74, 6) is -0.962. The van der Waals surface area contributed by atoms with Crippen LogP contribution in [0.25, 0.3) is 0 Å². The maximum absolute atomic E-state index is 12.9. The molecule has 1 amide bonds. The summed E-state index contributed by atoms with van der Waals surface area (Å²) in [5.41, 5.74) is 2.31. The van der Waals surface area contributed by atoms with Gasteiger partial charge in [-0.25, -0.2) is 13.2 Å². The molecule has 0 radical (unpaired) electrons. The zero-order valence-corrected chi connectivity index (χ0v) is 20.8. The van der Waals surface area contributed by atoms with Crippen LogP contribution in [-0.2, 0) is 25.9 Å². The lowest BCUT2D eigenvalue weighted by molar-refractivity contribution is -0.136. The summed E-state index contributed by atoms with van der Waals surface area (Å²) in [4.78, 5) is 27.2. The maximum Gasteiger partial charge on any atom is 0.342 e. The van der Waals surface area contributed by atoms with Crippen LogP contribution in [0.4, 0.5) is 0 Å². The largest absolute Gasteiger partial charge is 0.452 e. The van der Waals surface area contributed by atoms with E-state index in [9.17, 15) is 18.0 Å². The lowest BCUT2D eigenvalue weighted by atomic mass is 10.2. The highest BCUT2D eigenvalue weighted by atomic mass is 35.5. The number of amides is 1. The van der Waals surface area contributed by atoms with Crippen LogP contribution in [0.2, 0.25) is 5.02 Å². The topological polar surface area (TPSA) is 98.6 Å². The normalized spacial score (nSPS) is 17.2. The fraction of sp³-hybridized carbons (Fsp3) is 0.522. The van der Waals surface area contributed by atoms with Crippen LogP contribution in [0, 0.1) is 13.8 Å². The average molecular weight is 496 g/mol. The second-order valence-electron chi connectivity index (χ2n) is 8.37. The van der Waals surface area contributed by atoms with Gasteiger partial charge in [0.15, 0.2) is 16.4 Å². The Labute approximate surface area is 199 Å². The van der Waals surface area contributed by atoms with E-state index < -0.39 is 22.4 Å². The number of aromatic nitrogens is 2. The first kappa shape index (κ1) is 25.2. The van der Waals surface area contributed by atoms with E-state index in [1.165, 1.54) is 0 Å². The molecule has 1 aliphatic heterocycles. The van der Waals surface area contributed by atoms with Crippen LogP contribution in [0.15, 0.2) is 24.3 Å². The van der Waals surface area contributed by atoms with Gasteiger partial charge in [0, 0.05) is 17.6 Å². The molecule has 0 saturated carbocycles. The Morgan fingerprint density at radius 1 is 1.27 bits per heavy atom. The molecule has 0 spiro atoms. The Bertz CT molecular complexity index is 1130. The lowest BCUT2D eigenvalue weighted by Gasteiger charge is -2.28. The van der Waals surface area contributed by atoms with Crippen molar-refractivity contribution < 1.29 is 22.7 Å². The second kappa shape index (κ2) is 10.7. The minimum absolute atomic E-state index is 0.0383. The molecule has 0 bridgehead atoms. The van der Waals surface area contributed by atoms with E-state index in [4.69, 9.17) is 16.3 Å². The monoisotopic (exact) mass is 495 g/mol. The average Bonchev–Trinajstić information content (AvgIpc) is 3.26. The van der Waals surface area contributed by atoms with Crippen molar-refractivity contribution in [2.75, 3.05) is 24.7 Å². The van der Waals surface area contributed by atoms with Crippen molar-refractivity contribution in [3.63, 3.8) is 0 Å². The number of halogens is 1. The molecule has 10 heteroatoms. The molecule has 0 N–H and O–H groups in total. The first-order chi connectivity index (χ1) is 15.6. The molecule has 3 rings (SSSR count). The Hall–Kier alpha value is -2.39. The number of nitrogens with zero attached hydrogens (tertiary/aromatic N) is 3. The zero-order chi connectivity index (χ0) is 24.2. The van der Waals surface area contributed by atoms with Crippen molar-refractivity contribution in [3.05, 3.63) is 51.8 Å². The third-order valence-corrected chi connectivity index (χ3v) is 8.03. The molecule has 180 valence electrons. The van der Waals surface area contributed by atoms with Crippen molar-refractivity contribution in [1.82, 2.24) is 14.7 Å². The zero-order valence-electron chi connectivity index (χ0n) is 19.2. The molecule has 2 aromatic rings. The fourth-order valence-corrected chi connectivity index (χ4v) is 6.00. The van der Waals surface area contributed by atoms with Gasteiger partial charge in [0.1, 0.15) is 5.56 Å². The number of ether oxygens (including phenoxy) is 1. The van der Waals surface area contributed by atoms with Crippen LogP contribution < -0.4 is 0 Å².